The summed E-state index contributed by atoms with van der Waals surface area (Å²) in [5, 5.41) is 17.6. The highest BCUT2D eigenvalue weighted by molar-refractivity contribution is 5.98. The molecule has 0 radical (unpaired) electrons. The molecule has 0 aliphatic carbocycles. The van der Waals surface area contributed by atoms with Gasteiger partial charge >= 0.3 is 6.03 Å². The number of likely N-dealkylation sites (tertiary alicyclic amines) is 1. The number of nitrogens with one attached hydrogen (secondary N) is 3. The average molecular weight is 508 g/mol. The molecule has 0 aromatic heterocycles. The Hall–Kier alpha value is -3.77. The molecule has 0 saturated carbocycles. The zero-order valence-corrected chi connectivity index (χ0v) is 21.0. The number of carbonyl (C=O) groups is 2. The summed E-state index contributed by atoms with van der Waals surface area (Å²) in [6.45, 7) is 6.88. The second-order valence-corrected chi connectivity index (χ2v) is 9.91. The van der Waals surface area contributed by atoms with Crippen molar-refractivity contribution in [2.24, 2.45) is 0 Å². The molecule has 2 aromatic carbocycles. The maximum absolute atomic E-state index is 13.8. The lowest BCUT2D eigenvalue weighted by Gasteiger charge is -2.40. The second-order valence-electron chi connectivity index (χ2n) is 9.91. The number of hydrogen-bond acceptors (Lipinski definition) is 4. The van der Waals surface area contributed by atoms with Crippen LogP contribution >= 0.6 is 0 Å². The third-order valence-electron chi connectivity index (χ3n) is 7.38. The lowest BCUT2D eigenvalue weighted by molar-refractivity contribution is -0.118. The van der Waals surface area contributed by atoms with Crippen molar-refractivity contribution in [2.75, 3.05) is 26.2 Å². The SMILES string of the molecule is CC1=C(C(=O)NCCCN2CCC(C)(c3ccccc3C#N)CC2)C(c2ccc(F)c(F)c2)NC(=O)N1. The van der Waals surface area contributed by atoms with Gasteiger partial charge in [0.05, 0.1) is 23.2 Å². The number of amides is 3. The van der Waals surface area contributed by atoms with Gasteiger partial charge in [0.15, 0.2) is 11.6 Å². The van der Waals surface area contributed by atoms with Gasteiger partial charge in [-0.2, -0.15) is 5.26 Å². The van der Waals surface area contributed by atoms with E-state index < -0.39 is 23.7 Å². The van der Waals surface area contributed by atoms with Gasteiger partial charge in [-0.05, 0) is 80.6 Å². The van der Waals surface area contributed by atoms with Crippen molar-refractivity contribution in [1.82, 2.24) is 20.9 Å². The monoisotopic (exact) mass is 507 g/mol. The summed E-state index contributed by atoms with van der Waals surface area (Å²) in [4.78, 5) is 27.4. The Labute approximate surface area is 215 Å². The lowest BCUT2D eigenvalue weighted by Crippen LogP contribution is -2.47. The zero-order chi connectivity index (χ0) is 26.6. The Morgan fingerprint density at radius 1 is 1.19 bits per heavy atom. The summed E-state index contributed by atoms with van der Waals surface area (Å²) in [7, 11) is 0. The van der Waals surface area contributed by atoms with Crippen LogP contribution in [-0.4, -0.2) is 43.0 Å². The molecule has 7 nitrogen and oxygen atoms in total. The number of nitrogens with zero attached hydrogens (tertiary/aromatic N) is 2. The highest BCUT2D eigenvalue weighted by Crippen LogP contribution is 2.36. The lowest BCUT2D eigenvalue weighted by atomic mass is 9.73. The Morgan fingerprint density at radius 2 is 1.92 bits per heavy atom. The van der Waals surface area contributed by atoms with Crippen molar-refractivity contribution in [2.45, 2.75) is 44.6 Å². The van der Waals surface area contributed by atoms with Crippen LogP contribution in [0.4, 0.5) is 13.6 Å². The van der Waals surface area contributed by atoms with Gasteiger partial charge in [-0.15, -0.1) is 0 Å². The highest BCUT2D eigenvalue weighted by Gasteiger charge is 2.34. The molecule has 0 bridgehead atoms. The van der Waals surface area contributed by atoms with E-state index in [-0.39, 0.29) is 22.5 Å². The summed E-state index contributed by atoms with van der Waals surface area (Å²) < 4.78 is 27.2. The summed E-state index contributed by atoms with van der Waals surface area (Å²) >= 11 is 0. The van der Waals surface area contributed by atoms with Crippen LogP contribution in [0, 0.1) is 23.0 Å². The molecule has 1 fully saturated rings. The van der Waals surface area contributed by atoms with Gasteiger partial charge in [-0.25, -0.2) is 13.6 Å². The smallest absolute Gasteiger partial charge is 0.319 e. The van der Waals surface area contributed by atoms with Gasteiger partial charge in [0.25, 0.3) is 5.91 Å². The number of halogens is 2. The predicted molar refractivity (Wildman–Crippen MR) is 135 cm³/mol. The summed E-state index contributed by atoms with van der Waals surface area (Å²) in [6, 6.07) is 12.0. The molecule has 2 aromatic rings. The zero-order valence-electron chi connectivity index (χ0n) is 21.0. The van der Waals surface area contributed by atoms with E-state index in [0.717, 1.165) is 62.2 Å². The van der Waals surface area contributed by atoms with Crippen molar-refractivity contribution in [3.8, 4) is 6.07 Å². The normalized spacial score (nSPS) is 19.5. The first-order chi connectivity index (χ1) is 17.7. The van der Waals surface area contributed by atoms with Crippen molar-refractivity contribution in [3.63, 3.8) is 0 Å². The van der Waals surface area contributed by atoms with Crippen LogP contribution in [-0.2, 0) is 10.2 Å². The molecule has 2 aliphatic rings. The van der Waals surface area contributed by atoms with E-state index in [1.165, 1.54) is 6.07 Å². The Kier molecular flexibility index (Phi) is 7.89. The van der Waals surface area contributed by atoms with Crippen LogP contribution in [0.1, 0.15) is 55.8 Å². The fraction of sp³-hybridized carbons (Fsp3) is 0.393. The molecule has 4 rings (SSSR count). The molecule has 9 heteroatoms. The number of allylic oxidation sites excluding steroid dienone is 1. The van der Waals surface area contributed by atoms with Crippen molar-refractivity contribution < 1.29 is 18.4 Å². The predicted octanol–water partition coefficient (Wildman–Crippen LogP) is 4.02. The molecule has 3 amide bonds. The molecule has 37 heavy (non-hydrogen) atoms. The second kappa shape index (κ2) is 11.1. The van der Waals surface area contributed by atoms with E-state index in [1.807, 2.05) is 18.2 Å². The van der Waals surface area contributed by atoms with Crippen LogP contribution in [0.15, 0.2) is 53.7 Å². The van der Waals surface area contributed by atoms with Gasteiger partial charge in [-0.3, -0.25) is 4.79 Å². The maximum atomic E-state index is 13.8. The van der Waals surface area contributed by atoms with E-state index in [1.54, 1.807) is 6.92 Å². The van der Waals surface area contributed by atoms with E-state index in [0.29, 0.717) is 12.2 Å². The van der Waals surface area contributed by atoms with Gasteiger partial charge in [0.1, 0.15) is 0 Å². The molecule has 194 valence electrons. The van der Waals surface area contributed by atoms with E-state index in [4.69, 9.17) is 0 Å². The standard InChI is InChI=1S/C28H31F2N5O2/c1-18-24(25(34-27(37)33-18)19-8-9-22(29)23(30)16-19)26(36)32-12-5-13-35-14-10-28(2,11-15-35)21-7-4-3-6-20(21)17-31/h3-4,6-9,16,25H,5,10-15H2,1-2H3,(H,32,36)(H2,33,34,37). The first-order valence-corrected chi connectivity index (χ1v) is 12.5. The van der Waals surface area contributed by atoms with Crippen LogP contribution in [0.3, 0.4) is 0 Å². The summed E-state index contributed by atoms with van der Waals surface area (Å²) in [6.07, 6.45) is 2.63. The fourth-order valence-corrected chi connectivity index (χ4v) is 5.18. The van der Waals surface area contributed by atoms with Gasteiger partial charge in [0.2, 0.25) is 0 Å². The molecule has 1 atom stereocenters. The van der Waals surface area contributed by atoms with Gasteiger partial charge < -0.3 is 20.9 Å². The van der Waals surface area contributed by atoms with Crippen LogP contribution in [0.25, 0.3) is 0 Å². The topological polar surface area (TPSA) is 97.3 Å². The van der Waals surface area contributed by atoms with Gasteiger partial charge in [0, 0.05) is 12.2 Å². The van der Waals surface area contributed by atoms with Crippen molar-refractivity contribution >= 4 is 11.9 Å². The molecule has 1 saturated heterocycles. The molecular weight excluding hydrogens is 476 g/mol. The summed E-state index contributed by atoms with van der Waals surface area (Å²) in [5.41, 5.74) is 2.72. The fourth-order valence-electron chi connectivity index (χ4n) is 5.18. The maximum Gasteiger partial charge on any atom is 0.319 e. The van der Waals surface area contributed by atoms with Crippen LogP contribution < -0.4 is 16.0 Å². The molecule has 2 heterocycles. The number of nitriles is 1. The molecule has 3 N–H and O–H groups in total. The minimum absolute atomic E-state index is 0.0334. The summed E-state index contributed by atoms with van der Waals surface area (Å²) in [5.74, 6) is -2.42. The molecular formula is C28H31F2N5O2. The number of benzene rings is 2. The Bertz CT molecular complexity index is 1260. The Morgan fingerprint density at radius 3 is 2.62 bits per heavy atom. The first-order valence-electron chi connectivity index (χ1n) is 12.5. The van der Waals surface area contributed by atoms with Gasteiger partial charge in [-0.1, -0.05) is 31.2 Å². The highest BCUT2D eigenvalue weighted by atomic mass is 19.2. The van der Waals surface area contributed by atoms with Crippen molar-refractivity contribution in [3.05, 3.63) is 82.1 Å². The number of hydrogen-bond donors (Lipinski definition) is 3. The third-order valence-corrected chi connectivity index (χ3v) is 7.38. The van der Waals surface area contributed by atoms with E-state index in [2.05, 4.69) is 39.9 Å². The minimum Gasteiger partial charge on any atom is -0.352 e. The number of urea groups is 1. The Balaban J connectivity index is 1.31. The van der Waals surface area contributed by atoms with E-state index in [9.17, 15) is 23.6 Å². The van der Waals surface area contributed by atoms with E-state index >= 15 is 0 Å². The number of rotatable bonds is 7. The molecule has 0 spiro atoms. The first kappa shape index (κ1) is 26.3. The largest absolute Gasteiger partial charge is 0.352 e. The number of carbonyl (C=O) groups excluding carboxylic acids is 2. The third kappa shape index (κ3) is 5.81. The molecule has 2 aliphatic heterocycles. The quantitative estimate of drug-likeness (QED) is 0.493. The number of piperidine rings is 1. The average Bonchev–Trinajstić information content (AvgIpc) is 2.88. The van der Waals surface area contributed by atoms with Crippen LogP contribution in [0.5, 0.6) is 0 Å². The molecule has 1 unspecified atom stereocenters. The van der Waals surface area contributed by atoms with Crippen molar-refractivity contribution in [1.29, 1.82) is 5.26 Å². The minimum atomic E-state index is -1.04. The van der Waals surface area contributed by atoms with Crippen LogP contribution in [0.2, 0.25) is 0 Å².